The van der Waals surface area contributed by atoms with E-state index >= 15 is 0 Å². The molecule has 0 aromatic carbocycles. The average Bonchev–Trinajstić information content (AvgIpc) is 2.84. The molecule has 0 radical (unpaired) electrons. The Kier molecular flexibility index (Phi) is 6.11. The third-order valence-corrected chi connectivity index (χ3v) is 4.76. The van der Waals surface area contributed by atoms with Gasteiger partial charge in [-0.05, 0) is 57.8 Å². The maximum absolute atomic E-state index is 3.83. The molecule has 2 fully saturated rings. The van der Waals surface area contributed by atoms with Crippen LogP contribution in [0.5, 0.6) is 0 Å². The molecule has 2 heterocycles. The fourth-order valence-corrected chi connectivity index (χ4v) is 3.68. The Morgan fingerprint density at radius 3 is 2.47 bits per heavy atom. The Labute approximate surface area is 119 Å². The summed E-state index contributed by atoms with van der Waals surface area (Å²) in [5.74, 6) is 0.807. The second kappa shape index (κ2) is 7.61. The Balaban J connectivity index is 1.63. The summed E-state index contributed by atoms with van der Waals surface area (Å²) in [6.45, 7) is 14.5. The summed E-state index contributed by atoms with van der Waals surface area (Å²) in [5, 5.41) is 3.83. The van der Waals surface area contributed by atoms with Crippen molar-refractivity contribution in [2.45, 2.75) is 58.5 Å². The van der Waals surface area contributed by atoms with E-state index in [0.29, 0.717) is 0 Å². The van der Waals surface area contributed by atoms with Crippen LogP contribution in [0.25, 0.3) is 0 Å². The number of likely N-dealkylation sites (tertiary alicyclic amines) is 2. The molecule has 2 saturated heterocycles. The predicted molar refractivity (Wildman–Crippen MR) is 82.6 cm³/mol. The first-order valence-electron chi connectivity index (χ1n) is 8.38. The Hall–Kier alpha value is -0.120. The molecule has 3 nitrogen and oxygen atoms in total. The highest BCUT2D eigenvalue weighted by molar-refractivity contribution is 4.84. The molecule has 1 unspecified atom stereocenters. The van der Waals surface area contributed by atoms with Gasteiger partial charge in [-0.2, -0.15) is 0 Å². The molecule has 2 aliphatic heterocycles. The minimum absolute atomic E-state index is 0.766. The third kappa shape index (κ3) is 4.73. The monoisotopic (exact) mass is 267 g/mol. The first-order chi connectivity index (χ1) is 9.19. The van der Waals surface area contributed by atoms with Crippen LogP contribution in [-0.2, 0) is 0 Å². The molecule has 1 N–H and O–H groups in total. The highest BCUT2D eigenvalue weighted by Gasteiger charge is 2.25. The molecule has 3 heteroatoms. The molecule has 0 aromatic rings. The van der Waals surface area contributed by atoms with E-state index in [2.05, 4.69) is 35.9 Å². The maximum Gasteiger partial charge on any atom is 0.0221 e. The van der Waals surface area contributed by atoms with Crippen LogP contribution in [0.15, 0.2) is 0 Å². The second-order valence-corrected chi connectivity index (χ2v) is 6.80. The molecular weight excluding hydrogens is 234 g/mol. The quantitative estimate of drug-likeness (QED) is 0.796. The average molecular weight is 267 g/mol. The highest BCUT2D eigenvalue weighted by Crippen LogP contribution is 2.17. The molecule has 0 saturated carbocycles. The summed E-state index contributed by atoms with van der Waals surface area (Å²) in [5.41, 5.74) is 0. The van der Waals surface area contributed by atoms with Gasteiger partial charge in [-0.15, -0.1) is 0 Å². The number of likely N-dealkylation sites (N-methyl/N-ethyl adjacent to an activating group) is 1. The topological polar surface area (TPSA) is 18.5 Å². The van der Waals surface area contributed by atoms with Crippen molar-refractivity contribution in [3.05, 3.63) is 0 Å². The summed E-state index contributed by atoms with van der Waals surface area (Å²) < 4.78 is 0. The smallest absolute Gasteiger partial charge is 0.0221 e. The lowest BCUT2D eigenvalue weighted by Gasteiger charge is -2.34. The molecule has 1 atom stereocenters. The maximum atomic E-state index is 3.83. The Morgan fingerprint density at radius 1 is 1.11 bits per heavy atom. The highest BCUT2D eigenvalue weighted by atomic mass is 15.2. The van der Waals surface area contributed by atoms with Crippen molar-refractivity contribution < 1.29 is 0 Å². The number of piperidine rings is 1. The molecule has 112 valence electrons. The van der Waals surface area contributed by atoms with Crippen LogP contribution in [-0.4, -0.2) is 61.2 Å². The lowest BCUT2D eigenvalue weighted by atomic mass is 10.0. The van der Waals surface area contributed by atoms with E-state index in [4.69, 9.17) is 0 Å². The van der Waals surface area contributed by atoms with E-state index in [1.54, 1.807) is 0 Å². The van der Waals surface area contributed by atoms with Crippen LogP contribution in [0.4, 0.5) is 0 Å². The standard InChI is InChI=1S/C16H33N3/c1-4-19-9-5-6-16(19)12-17-15-7-10-18(11-8-15)13-14(2)3/h14-17H,4-13H2,1-3H3. The van der Waals surface area contributed by atoms with Crippen molar-refractivity contribution in [1.29, 1.82) is 0 Å². The Bertz CT molecular complexity index is 246. The largest absolute Gasteiger partial charge is 0.312 e. The summed E-state index contributed by atoms with van der Waals surface area (Å²) in [6, 6.07) is 1.57. The minimum atomic E-state index is 0.766. The minimum Gasteiger partial charge on any atom is -0.312 e. The fourth-order valence-electron chi connectivity index (χ4n) is 3.68. The van der Waals surface area contributed by atoms with Crippen LogP contribution in [0, 0.1) is 5.92 Å². The number of hydrogen-bond acceptors (Lipinski definition) is 3. The van der Waals surface area contributed by atoms with Gasteiger partial charge in [0.2, 0.25) is 0 Å². The molecule has 2 aliphatic rings. The van der Waals surface area contributed by atoms with Gasteiger partial charge in [0.1, 0.15) is 0 Å². The fraction of sp³-hybridized carbons (Fsp3) is 1.00. The number of hydrogen-bond donors (Lipinski definition) is 1. The predicted octanol–water partition coefficient (Wildman–Crippen LogP) is 2.18. The molecular formula is C16H33N3. The summed E-state index contributed by atoms with van der Waals surface area (Å²) in [7, 11) is 0. The first-order valence-corrected chi connectivity index (χ1v) is 8.38. The van der Waals surface area contributed by atoms with Gasteiger partial charge < -0.3 is 10.2 Å². The van der Waals surface area contributed by atoms with Crippen LogP contribution >= 0.6 is 0 Å². The summed E-state index contributed by atoms with van der Waals surface area (Å²) >= 11 is 0. The van der Waals surface area contributed by atoms with Crippen LogP contribution in [0.3, 0.4) is 0 Å². The summed E-state index contributed by atoms with van der Waals surface area (Å²) in [6.07, 6.45) is 5.47. The van der Waals surface area contributed by atoms with E-state index in [9.17, 15) is 0 Å². The third-order valence-electron chi connectivity index (χ3n) is 4.76. The van der Waals surface area contributed by atoms with Crippen molar-refractivity contribution in [1.82, 2.24) is 15.1 Å². The molecule has 0 aromatic heterocycles. The molecule has 2 rings (SSSR count). The molecule has 19 heavy (non-hydrogen) atoms. The van der Waals surface area contributed by atoms with Gasteiger partial charge in [0, 0.05) is 25.2 Å². The van der Waals surface area contributed by atoms with E-state index in [1.165, 1.54) is 65.0 Å². The van der Waals surface area contributed by atoms with Gasteiger partial charge in [0.25, 0.3) is 0 Å². The number of rotatable bonds is 6. The van der Waals surface area contributed by atoms with E-state index in [-0.39, 0.29) is 0 Å². The molecule has 0 bridgehead atoms. The van der Waals surface area contributed by atoms with Crippen LogP contribution in [0.2, 0.25) is 0 Å². The summed E-state index contributed by atoms with van der Waals surface area (Å²) in [4.78, 5) is 5.28. The van der Waals surface area contributed by atoms with E-state index in [1.807, 2.05) is 0 Å². The van der Waals surface area contributed by atoms with Crippen molar-refractivity contribution in [3.8, 4) is 0 Å². The zero-order valence-electron chi connectivity index (χ0n) is 13.2. The van der Waals surface area contributed by atoms with E-state index in [0.717, 1.165) is 18.0 Å². The molecule has 0 aliphatic carbocycles. The van der Waals surface area contributed by atoms with Gasteiger partial charge in [-0.1, -0.05) is 20.8 Å². The van der Waals surface area contributed by atoms with Gasteiger partial charge in [-0.25, -0.2) is 0 Å². The van der Waals surface area contributed by atoms with Crippen molar-refractivity contribution in [2.75, 3.05) is 39.3 Å². The lowest BCUT2D eigenvalue weighted by molar-refractivity contribution is 0.172. The Morgan fingerprint density at radius 2 is 1.84 bits per heavy atom. The SMILES string of the molecule is CCN1CCCC1CNC1CCN(CC(C)C)CC1. The zero-order valence-corrected chi connectivity index (χ0v) is 13.2. The van der Waals surface area contributed by atoms with Gasteiger partial charge >= 0.3 is 0 Å². The first kappa shape index (κ1) is 15.3. The van der Waals surface area contributed by atoms with Gasteiger partial charge in [-0.3, -0.25) is 4.90 Å². The molecule has 0 spiro atoms. The van der Waals surface area contributed by atoms with Crippen molar-refractivity contribution >= 4 is 0 Å². The van der Waals surface area contributed by atoms with Gasteiger partial charge in [0.05, 0.1) is 0 Å². The number of nitrogens with zero attached hydrogens (tertiary/aromatic N) is 2. The van der Waals surface area contributed by atoms with E-state index < -0.39 is 0 Å². The molecule has 0 amide bonds. The zero-order chi connectivity index (χ0) is 13.7. The second-order valence-electron chi connectivity index (χ2n) is 6.80. The van der Waals surface area contributed by atoms with Crippen LogP contribution in [0.1, 0.15) is 46.5 Å². The number of nitrogens with one attached hydrogen (secondary N) is 1. The lowest BCUT2D eigenvalue weighted by Crippen LogP contribution is -2.47. The van der Waals surface area contributed by atoms with Crippen molar-refractivity contribution in [2.24, 2.45) is 5.92 Å². The van der Waals surface area contributed by atoms with Crippen molar-refractivity contribution in [3.63, 3.8) is 0 Å². The van der Waals surface area contributed by atoms with Crippen LogP contribution < -0.4 is 5.32 Å². The normalized spacial score (nSPS) is 27.5. The van der Waals surface area contributed by atoms with Gasteiger partial charge in [0.15, 0.2) is 0 Å².